The van der Waals surface area contributed by atoms with Gasteiger partial charge in [0.1, 0.15) is 12.5 Å². The van der Waals surface area contributed by atoms with Crippen LogP contribution >= 0.6 is 11.8 Å². The van der Waals surface area contributed by atoms with Gasteiger partial charge in [0.2, 0.25) is 0 Å². The van der Waals surface area contributed by atoms with Crippen LogP contribution in [0.5, 0.6) is 0 Å². The van der Waals surface area contributed by atoms with E-state index in [4.69, 9.17) is 0 Å². The second kappa shape index (κ2) is 7.51. The van der Waals surface area contributed by atoms with E-state index in [-0.39, 0.29) is 6.04 Å². The summed E-state index contributed by atoms with van der Waals surface area (Å²) in [7, 11) is 0. The molecule has 0 spiro atoms. The van der Waals surface area contributed by atoms with Crippen LogP contribution < -0.4 is 5.32 Å². The Morgan fingerprint density at radius 3 is 3.00 bits per heavy atom. The number of hydrogen-bond donors (Lipinski definition) is 1. The molecular formula is C15H23FN4S. The average molecular weight is 310 g/mol. The lowest BCUT2D eigenvalue weighted by atomic mass is 10.1. The summed E-state index contributed by atoms with van der Waals surface area (Å²) in [6, 6.07) is 0.886. The zero-order valence-electron chi connectivity index (χ0n) is 12.2. The van der Waals surface area contributed by atoms with Gasteiger partial charge in [-0.2, -0.15) is 11.8 Å². The maximum absolute atomic E-state index is 13.8. The van der Waals surface area contributed by atoms with Crippen molar-refractivity contribution >= 4 is 11.8 Å². The van der Waals surface area contributed by atoms with E-state index in [0.29, 0.717) is 19.0 Å². The second-order valence-electron chi connectivity index (χ2n) is 5.99. The lowest BCUT2D eigenvalue weighted by Crippen LogP contribution is -2.43. The van der Waals surface area contributed by atoms with E-state index in [1.807, 2.05) is 24.2 Å². The minimum atomic E-state index is -0.706. The predicted octanol–water partition coefficient (Wildman–Crippen LogP) is 1.87. The van der Waals surface area contributed by atoms with Crippen LogP contribution in [0.1, 0.15) is 24.8 Å². The zero-order valence-corrected chi connectivity index (χ0v) is 13.1. The van der Waals surface area contributed by atoms with Crippen molar-refractivity contribution in [2.24, 2.45) is 0 Å². The number of thioether (sulfide) groups is 1. The monoisotopic (exact) mass is 310 g/mol. The number of hydrogen-bond acceptors (Lipinski definition) is 5. The molecule has 0 saturated carbocycles. The van der Waals surface area contributed by atoms with Crippen molar-refractivity contribution in [1.29, 1.82) is 0 Å². The van der Waals surface area contributed by atoms with E-state index in [1.54, 1.807) is 0 Å². The van der Waals surface area contributed by atoms with Gasteiger partial charge < -0.3 is 5.32 Å². The molecule has 0 radical (unpaired) electrons. The molecule has 2 saturated heterocycles. The van der Waals surface area contributed by atoms with Gasteiger partial charge in [0, 0.05) is 55.4 Å². The summed E-state index contributed by atoms with van der Waals surface area (Å²) in [4.78, 5) is 10.3. The second-order valence-corrected chi connectivity index (χ2v) is 7.14. The van der Waals surface area contributed by atoms with Crippen molar-refractivity contribution in [3.63, 3.8) is 0 Å². The van der Waals surface area contributed by atoms with Crippen molar-refractivity contribution < 1.29 is 4.39 Å². The molecule has 0 aliphatic carbocycles. The van der Waals surface area contributed by atoms with Crippen LogP contribution in [0.25, 0.3) is 0 Å². The highest BCUT2D eigenvalue weighted by Gasteiger charge is 2.32. The lowest BCUT2D eigenvalue weighted by molar-refractivity contribution is 0.226. The van der Waals surface area contributed by atoms with Gasteiger partial charge in [-0.05, 0) is 25.0 Å². The summed E-state index contributed by atoms with van der Waals surface area (Å²) in [5, 5.41) is 3.64. The fourth-order valence-electron chi connectivity index (χ4n) is 3.18. The number of likely N-dealkylation sites (tertiary alicyclic amines) is 1. The Hall–Kier alpha value is -0.720. The Bertz CT molecular complexity index is 427. The van der Waals surface area contributed by atoms with Crippen LogP contribution in [0.3, 0.4) is 0 Å². The Morgan fingerprint density at radius 2 is 2.24 bits per heavy atom. The molecule has 1 aromatic rings. The standard InChI is InChI=1S/C15H23FN4S/c16-13-4-15(7-19-14-2-1-3-21-10-14)20(9-13)8-12-5-17-11-18-6-12/h5-6,11,13-15,19H,1-4,7-10H2/t13-,14?,15-/m0/s1. The van der Waals surface area contributed by atoms with Crippen LogP contribution in [0.2, 0.25) is 0 Å². The highest BCUT2D eigenvalue weighted by molar-refractivity contribution is 7.99. The number of rotatable bonds is 5. The molecule has 2 fully saturated rings. The molecule has 1 N–H and O–H groups in total. The van der Waals surface area contributed by atoms with Gasteiger partial charge in [0.25, 0.3) is 0 Å². The maximum Gasteiger partial charge on any atom is 0.115 e. The molecule has 116 valence electrons. The molecule has 0 amide bonds. The Kier molecular flexibility index (Phi) is 5.43. The van der Waals surface area contributed by atoms with E-state index >= 15 is 0 Å². The molecular weight excluding hydrogens is 287 g/mol. The smallest absolute Gasteiger partial charge is 0.115 e. The Balaban J connectivity index is 1.52. The van der Waals surface area contributed by atoms with E-state index < -0.39 is 6.17 Å². The molecule has 2 aliphatic rings. The summed E-state index contributed by atoms with van der Waals surface area (Å²) in [6.07, 6.45) is 7.66. The van der Waals surface area contributed by atoms with Gasteiger partial charge in [-0.25, -0.2) is 14.4 Å². The van der Waals surface area contributed by atoms with Gasteiger partial charge in [0.15, 0.2) is 0 Å². The van der Waals surface area contributed by atoms with Gasteiger partial charge in [-0.15, -0.1) is 0 Å². The summed E-state index contributed by atoms with van der Waals surface area (Å²) in [6.45, 7) is 2.16. The largest absolute Gasteiger partial charge is 0.312 e. The van der Waals surface area contributed by atoms with Gasteiger partial charge in [-0.1, -0.05) is 0 Å². The van der Waals surface area contributed by atoms with E-state index in [0.717, 1.165) is 18.7 Å². The highest BCUT2D eigenvalue weighted by Crippen LogP contribution is 2.23. The Labute approximate surface area is 129 Å². The first kappa shape index (κ1) is 15.2. The lowest BCUT2D eigenvalue weighted by Gasteiger charge is -2.28. The summed E-state index contributed by atoms with van der Waals surface area (Å²) < 4.78 is 13.8. The number of alkyl halides is 1. The number of nitrogens with one attached hydrogen (secondary N) is 1. The van der Waals surface area contributed by atoms with Crippen molar-refractivity contribution in [2.45, 2.75) is 44.1 Å². The molecule has 0 bridgehead atoms. The molecule has 21 heavy (non-hydrogen) atoms. The first-order valence-corrected chi connectivity index (χ1v) is 8.90. The molecule has 6 heteroatoms. The molecule has 1 aromatic heterocycles. The molecule has 3 atom stereocenters. The highest BCUT2D eigenvalue weighted by atomic mass is 32.2. The van der Waals surface area contributed by atoms with E-state index in [9.17, 15) is 4.39 Å². The van der Waals surface area contributed by atoms with Crippen molar-refractivity contribution in [3.8, 4) is 0 Å². The topological polar surface area (TPSA) is 41.0 Å². The van der Waals surface area contributed by atoms with Crippen molar-refractivity contribution in [3.05, 3.63) is 24.3 Å². The first-order valence-electron chi connectivity index (χ1n) is 7.74. The predicted molar refractivity (Wildman–Crippen MR) is 84.1 cm³/mol. The zero-order chi connectivity index (χ0) is 14.5. The van der Waals surface area contributed by atoms with Gasteiger partial charge in [0.05, 0.1) is 0 Å². The number of halogens is 1. The van der Waals surface area contributed by atoms with E-state index in [2.05, 4.69) is 20.2 Å². The third-order valence-electron chi connectivity index (χ3n) is 4.28. The average Bonchev–Trinajstić information content (AvgIpc) is 2.87. The summed E-state index contributed by atoms with van der Waals surface area (Å²) in [5.74, 6) is 2.48. The number of aromatic nitrogens is 2. The minimum absolute atomic E-state index is 0.284. The van der Waals surface area contributed by atoms with Crippen molar-refractivity contribution in [1.82, 2.24) is 20.2 Å². The third-order valence-corrected chi connectivity index (χ3v) is 5.49. The third kappa shape index (κ3) is 4.37. The van der Waals surface area contributed by atoms with Crippen LogP contribution in [0.4, 0.5) is 4.39 Å². The summed E-state index contributed by atoms with van der Waals surface area (Å²) >= 11 is 2.02. The molecule has 3 rings (SSSR count). The molecule has 0 aromatic carbocycles. The first-order chi connectivity index (χ1) is 10.3. The van der Waals surface area contributed by atoms with Crippen LogP contribution in [-0.4, -0.2) is 57.7 Å². The molecule has 3 heterocycles. The van der Waals surface area contributed by atoms with Gasteiger partial charge >= 0.3 is 0 Å². The quantitative estimate of drug-likeness (QED) is 0.899. The van der Waals surface area contributed by atoms with E-state index in [1.165, 1.54) is 30.7 Å². The fraction of sp³-hybridized carbons (Fsp3) is 0.733. The molecule has 1 unspecified atom stereocenters. The van der Waals surface area contributed by atoms with Crippen molar-refractivity contribution in [2.75, 3.05) is 24.6 Å². The number of nitrogens with zero attached hydrogens (tertiary/aromatic N) is 3. The normalized spacial score (nSPS) is 30.6. The minimum Gasteiger partial charge on any atom is -0.312 e. The van der Waals surface area contributed by atoms with Gasteiger partial charge in [-0.3, -0.25) is 4.90 Å². The van der Waals surface area contributed by atoms with Crippen LogP contribution in [0.15, 0.2) is 18.7 Å². The molecule has 4 nitrogen and oxygen atoms in total. The fourth-order valence-corrected chi connectivity index (χ4v) is 4.29. The van der Waals surface area contributed by atoms with Crippen LogP contribution in [-0.2, 0) is 6.54 Å². The molecule has 2 aliphatic heterocycles. The van der Waals surface area contributed by atoms with Crippen LogP contribution in [0, 0.1) is 0 Å². The Morgan fingerprint density at radius 1 is 1.38 bits per heavy atom. The SMILES string of the molecule is F[C@H]1C[C@@H](CNC2CCCSC2)N(Cc2cncnc2)C1. The maximum atomic E-state index is 13.8. The summed E-state index contributed by atoms with van der Waals surface area (Å²) in [5.41, 5.74) is 1.06.